The van der Waals surface area contributed by atoms with Crippen molar-refractivity contribution in [2.24, 2.45) is 0 Å². The average molecular weight is 881 g/mol. The first-order valence-electron chi connectivity index (χ1n) is 24.1. The van der Waals surface area contributed by atoms with E-state index in [4.69, 9.17) is 4.42 Å². The smallest absolute Gasteiger partial charge is 0.143 e. The molecule has 1 aromatic heterocycles. The third kappa shape index (κ3) is 7.09. The number of rotatable bonds is 8. The molecular formula is C68H48O. The van der Waals surface area contributed by atoms with Crippen molar-refractivity contribution in [3.63, 3.8) is 0 Å². The van der Waals surface area contributed by atoms with Crippen molar-refractivity contribution in [1.82, 2.24) is 0 Å². The fraction of sp³-hybridized carbons (Fsp3) is 0.0588. The Morgan fingerprint density at radius 1 is 0.304 bits per heavy atom. The fourth-order valence-corrected chi connectivity index (χ4v) is 11.1. The Labute approximate surface area is 403 Å². The van der Waals surface area contributed by atoms with Gasteiger partial charge in [0, 0.05) is 27.7 Å². The molecule has 0 radical (unpaired) electrons. The van der Waals surface area contributed by atoms with Gasteiger partial charge < -0.3 is 4.42 Å². The summed E-state index contributed by atoms with van der Waals surface area (Å²) in [7, 11) is 0. The monoisotopic (exact) mass is 880 g/mol. The molecule has 0 aliphatic heterocycles. The van der Waals surface area contributed by atoms with Gasteiger partial charge in [-0.1, -0.05) is 238 Å². The van der Waals surface area contributed by atoms with Crippen molar-refractivity contribution in [2.45, 2.75) is 25.2 Å². The second-order valence-electron chi connectivity index (χ2n) is 19.2. The summed E-state index contributed by atoms with van der Waals surface area (Å²) in [6.07, 6.45) is 0. The topological polar surface area (TPSA) is 13.1 Å². The molecule has 69 heavy (non-hydrogen) atoms. The van der Waals surface area contributed by atoms with Crippen LogP contribution >= 0.6 is 0 Å². The minimum atomic E-state index is -0.185. The lowest BCUT2D eigenvalue weighted by molar-refractivity contribution is 0.659. The Bertz CT molecular complexity index is 3890. The molecule has 1 heterocycles. The van der Waals surface area contributed by atoms with E-state index in [0.29, 0.717) is 0 Å². The molecule has 1 aliphatic carbocycles. The van der Waals surface area contributed by atoms with Gasteiger partial charge in [-0.25, -0.2) is 0 Å². The molecule has 1 aliphatic rings. The van der Waals surface area contributed by atoms with Gasteiger partial charge in [0.05, 0.1) is 0 Å². The highest BCUT2D eigenvalue weighted by atomic mass is 16.3. The number of fused-ring (bicyclic) bond motifs is 7. The molecule has 12 aromatic rings. The molecule has 1 atom stereocenters. The first kappa shape index (κ1) is 40.7. The summed E-state index contributed by atoms with van der Waals surface area (Å²) in [5.41, 5.74) is 22.8. The quantitative estimate of drug-likeness (QED) is 0.139. The van der Waals surface area contributed by atoms with E-state index in [1.54, 1.807) is 0 Å². The molecule has 0 fully saturated rings. The normalized spacial score (nSPS) is 13.1. The number of para-hydroxylation sites is 2. The van der Waals surface area contributed by atoms with Crippen LogP contribution < -0.4 is 0 Å². The van der Waals surface area contributed by atoms with E-state index in [-0.39, 0.29) is 11.3 Å². The Morgan fingerprint density at radius 2 is 0.783 bits per heavy atom. The lowest BCUT2D eigenvalue weighted by Crippen LogP contribution is -2.16. The van der Waals surface area contributed by atoms with Crippen LogP contribution in [0.5, 0.6) is 0 Å². The van der Waals surface area contributed by atoms with Crippen LogP contribution in [0.15, 0.2) is 253 Å². The van der Waals surface area contributed by atoms with Crippen LogP contribution in [0.4, 0.5) is 0 Å². The third-order valence-corrected chi connectivity index (χ3v) is 14.8. The Morgan fingerprint density at radius 3 is 1.52 bits per heavy atom. The van der Waals surface area contributed by atoms with Crippen molar-refractivity contribution in [1.29, 1.82) is 0 Å². The van der Waals surface area contributed by atoms with Crippen molar-refractivity contribution < 1.29 is 4.42 Å². The summed E-state index contributed by atoms with van der Waals surface area (Å²) in [6, 6.07) is 91.5. The van der Waals surface area contributed by atoms with Gasteiger partial charge in [0.1, 0.15) is 11.2 Å². The zero-order valence-corrected chi connectivity index (χ0v) is 38.7. The number of hydrogen-bond donors (Lipinski definition) is 0. The number of benzene rings is 11. The highest BCUT2D eigenvalue weighted by Crippen LogP contribution is 2.51. The second kappa shape index (κ2) is 16.4. The van der Waals surface area contributed by atoms with E-state index in [9.17, 15) is 0 Å². The minimum absolute atomic E-state index is 0.0172. The predicted molar refractivity (Wildman–Crippen MR) is 290 cm³/mol. The maximum Gasteiger partial charge on any atom is 0.143 e. The average Bonchev–Trinajstić information content (AvgIpc) is 3.90. The van der Waals surface area contributed by atoms with Crippen LogP contribution in [-0.2, 0) is 5.41 Å². The molecule has 0 saturated heterocycles. The van der Waals surface area contributed by atoms with Gasteiger partial charge in [-0.15, -0.1) is 0 Å². The third-order valence-electron chi connectivity index (χ3n) is 14.8. The number of furan rings is 1. The van der Waals surface area contributed by atoms with Crippen LogP contribution in [0.2, 0.25) is 0 Å². The molecule has 1 heteroatoms. The van der Waals surface area contributed by atoms with Gasteiger partial charge in [-0.2, -0.15) is 0 Å². The first-order valence-corrected chi connectivity index (χ1v) is 24.1. The van der Waals surface area contributed by atoms with Gasteiger partial charge in [-0.05, 0) is 124 Å². The first-order chi connectivity index (χ1) is 33.9. The molecule has 326 valence electrons. The van der Waals surface area contributed by atoms with Gasteiger partial charge in [-0.3, -0.25) is 0 Å². The molecule has 13 rings (SSSR count). The molecular weight excluding hydrogens is 833 g/mol. The molecule has 1 unspecified atom stereocenters. The van der Waals surface area contributed by atoms with Crippen LogP contribution in [0.25, 0.3) is 99.5 Å². The second-order valence-corrected chi connectivity index (χ2v) is 19.2. The summed E-state index contributed by atoms with van der Waals surface area (Å²) < 4.78 is 6.46. The summed E-state index contributed by atoms with van der Waals surface area (Å²) in [4.78, 5) is 0. The zero-order chi connectivity index (χ0) is 46.1. The van der Waals surface area contributed by atoms with E-state index in [0.717, 1.165) is 33.1 Å². The highest BCUT2D eigenvalue weighted by molar-refractivity contribution is 6.09. The van der Waals surface area contributed by atoms with Crippen LogP contribution in [0.1, 0.15) is 47.6 Å². The summed E-state index contributed by atoms with van der Waals surface area (Å²) in [6.45, 7) is 4.80. The van der Waals surface area contributed by atoms with E-state index in [1.807, 2.05) is 6.07 Å². The Kier molecular flexibility index (Phi) is 9.66. The predicted octanol–water partition coefficient (Wildman–Crippen LogP) is 18.6. The molecule has 0 amide bonds. The largest absolute Gasteiger partial charge is 0.455 e. The van der Waals surface area contributed by atoms with Crippen LogP contribution in [0, 0.1) is 0 Å². The molecule has 0 spiro atoms. The summed E-state index contributed by atoms with van der Waals surface area (Å²) in [5.74, 6) is 0.0172. The summed E-state index contributed by atoms with van der Waals surface area (Å²) >= 11 is 0. The van der Waals surface area contributed by atoms with Gasteiger partial charge in [0.15, 0.2) is 0 Å². The van der Waals surface area contributed by atoms with Gasteiger partial charge in [0.2, 0.25) is 0 Å². The van der Waals surface area contributed by atoms with Gasteiger partial charge >= 0.3 is 0 Å². The number of hydrogen-bond acceptors (Lipinski definition) is 1. The summed E-state index contributed by atoms with van der Waals surface area (Å²) in [5, 5.41) is 4.82. The van der Waals surface area contributed by atoms with Crippen molar-refractivity contribution in [2.75, 3.05) is 0 Å². The maximum atomic E-state index is 6.46. The van der Waals surface area contributed by atoms with Crippen LogP contribution in [-0.4, -0.2) is 0 Å². The van der Waals surface area contributed by atoms with Gasteiger partial charge in [0.25, 0.3) is 0 Å². The van der Waals surface area contributed by atoms with Crippen molar-refractivity contribution >= 4 is 32.7 Å². The lowest BCUT2D eigenvalue weighted by Gasteiger charge is -2.25. The van der Waals surface area contributed by atoms with Crippen LogP contribution in [0.3, 0.4) is 0 Å². The molecule has 0 saturated carbocycles. The minimum Gasteiger partial charge on any atom is -0.455 e. The van der Waals surface area contributed by atoms with Crippen molar-refractivity contribution in [3.05, 3.63) is 277 Å². The zero-order valence-electron chi connectivity index (χ0n) is 38.7. The SMILES string of the molecule is CC1(C)c2cc(-c3ccc4ccccc4c3)ccc2-c2ccc(C(c3ccc(-c4ccc(-c5ccccc5)cc4)cc3)c3ccc(-c4cccc(-c5cccc6c5oc5ccccc56)c4)cc3)cc21. The van der Waals surface area contributed by atoms with E-state index >= 15 is 0 Å². The van der Waals surface area contributed by atoms with E-state index in [2.05, 4.69) is 257 Å². The molecule has 0 N–H and O–H groups in total. The fourth-order valence-electron chi connectivity index (χ4n) is 11.1. The maximum absolute atomic E-state index is 6.46. The van der Waals surface area contributed by atoms with E-state index < -0.39 is 0 Å². The van der Waals surface area contributed by atoms with E-state index in [1.165, 1.54) is 94.2 Å². The lowest BCUT2D eigenvalue weighted by atomic mass is 9.78. The Hall–Kier alpha value is -8.52. The van der Waals surface area contributed by atoms with Crippen molar-refractivity contribution in [3.8, 4) is 66.8 Å². The molecule has 1 nitrogen and oxygen atoms in total. The molecule has 0 bridgehead atoms. The molecule has 11 aromatic carbocycles. The Balaban J connectivity index is 0.867. The standard InChI is InChI=1S/C68H48O/c1-68(2)63-42-55(54-35-30-45-14-6-7-15-52(45)40-54)36-38-59(63)60-39-37-57(43-64(60)68)66(50-31-26-48(27-32-50)47-24-22-46(23-25-47)44-12-4-3-5-13-44)51-33-28-49(29-34-51)53-16-10-17-56(41-53)58-19-11-20-62-61-18-8-9-21-65(61)69-67(58)62/h3-43,66H,1-2H3. The highest BCUT2D eigenvalue weighted by Gasteiger charge is 2.36.